The average Bonchev–Trinajstić information content (AvgIpc) is 3.29. The molecule has 0 radical (unpaired) electrons. The number of anilines is 1. The summed E-state index contributed by atoms with van der Waals surface area (Å²) >= 11 is 7.94. The smallest absolute Gasteiger partial charge is 0.233 e. The van der Waals surface area contributed by atoms with Crippen molar-refractivity contribution in [1.82, 2.24) is 14.9 Å². The maximum absolute atomic E-state index is 12.8. The van der Waals surface area contributed by atoms with E-state index in [4.69, 9.17) is 21.3 Å². The lowest BCUT2D eigenvalue weighted by atomic mass is 10.1. The molecule has 1 aliphatic heterocycles. The molecular formula is C29H25ClN4O2S. The van der Waals surface area contributed by atoms with Gasteiger partial charge in [0.25, 0.3) is 0 Å². The molecule has 1 saturated heterocycles. The second-order valence-electron chi connectivity index (χ2n) is 8.98. The van der Waals surface area contributed by atoms with Gasteiger partial charge in [0, 0.05) is 40.5 Å². The van der Waals surface area contributed by atoms with Crippen LogP contribution in [0.25, 0.3) is 32.7 Å². The van der Waals surface area contributed by atoms with Crippen molar-refractivity contribution in [2.24, 2.45) is 0 Å². The van der Waals surface area contributed by atoms with Crippen LogP contribution < -0.4 is 10.1 Å². The fourth-order valence-corrected chi connectivity index (χ4v) is 6.38. The number of benzene rings is 3. The Bertz CT molecular complexity index is 1640. The highest BCUT2D eigenvalue weighted by molar-refractivity contribution is 8.00. The number of hydrogen-bond donors (Lipinski definition) is 1. The summed E-state index contributed by atoms with van der Waals surface area (Å²) in [5.41, 5.74) is 4.80. The summed E-state index contributed by atoms with van der Waals surface area (Å²) in [4.78, 5) is 24.1. The Balaban J connectivity index is 1.24. The van der Waals surface area contributed by atoms with Crippen LogP contribution in [-0.4, -0.2) is 46.7 Å². The Morgan fingerprint density at radius 3 is 2.81 bits per heavy atom. The molecule has 5 aromatic rings. The first-order chi connectivity index (χ1) is 18.1. The fraction of sp³-hybridized carbons (Fsp3) is 0.207. The third-order valence-corrected chi connectivity index (χ3v) is 8.21. The summed E-state index contributed by atoms with van der Waals surface area (Å²) in [6.45, 7) is 1.36. The van der Waals surface area contributed by atoms with Gasteiger partial charge in [0.2, 0.25) is 5.91 Å². The summed E-state index contributed by atoms with van der Waals surface area (Å²) in [6.07, 6.45) is 2.63. The topological polar surface area (TPSA) is 67.3 Å². The lowest BCUT2D eigenvalue weighted by molar-refractivity contribution is -0.128. The number of rotatable bonds is 7. The van der Waals surface area contributed by atoms with E-state index in [1.165, 1.54) is 0 Å². The molecule has 1 fully saturated rings. The minimum atomic E-state index is -0.00520. The van der Waals surface area contributed by atoms with Gasteiger partial charge < -0.3 is 15.0 Å². The number of amides is 1. The number of nitrogens with zero attached hydrogens (tertiary/aromatic N) is 3. The summed E-state index contributed by atoms with van der Waals surface area (Å²) in [7, 11) is 1.66. The Morgan fingerprint density at radius 2 is 1.92 bits per heavy atom. The van der Waals surface area contributed by atoms with E-state index in [0.29, 0.717) is 23.9 Å². The number of para-hydroxylation sites is 1. The lowest BCUT2D eigenvalue weighted by Crippen LogP contribution is -2.30. The van der Waals surface area contributed by atoms with Gasteiger partial charge in [-0.3, -0.25) is 9.78 Å². The standard InChI is InChI=1S/C29H25ClN4O2S/c1-36-19-8-10-25-23(16-19)28(22-9-7-18(30)15-26(22)33-25)32-12-4-14-34-27(35)17-37-29(34)21-11-13-31-24-6-3-2-5-20(21)24/h2-3,5-11,13,15-16,29H,4,12,14,17H2,1H3,(H,32,33). The van der Waals surface area contributed by atoms with Crippen molar-refractivity contribution in [3.63, 3.8) is 0 Å². The van der Waals surface area contributed by atoms with E-state index in [1.54, 1.807) is 18.9 Å². The Kier molecular flexibility index (Phi) is 6.49. The van der Waals surface area contributed by atoms with Crippen LogP contribution in [0.1, 0.15) is 17.4 Å². The maximum atomic E-state index is 12.8. The first kappa shape index (κ1) is 23.8. The lowest BCUT2D eigenvalue weighted by Gasteiger charge is -2.25. The second kappa shape index (κ2) is 10.1. The van der Waals surface area contributed by atoms with Gasteiger partial charge in [-0.25, -0.2) is 4.98 Å². The van der Waals surface area contributed by atoms with Crippen molar-refractivity contribution >= 4 is 67.7 Å². The van der Waals surface area contributed by atoms with Crippen molar-refractivity contribution in [3.05, 3.63) is 83.5 Å². The van der Waals surface area contributed by atoms with E-state index in [0.717, 1.165) is 56.1 Å². The fourth-order valence-electron chi connectivity index (χ4n) is 4.96. The molecule has 186 valence electrons. The van der Waals surface area contributed by atoms with Gasteiger partial charge in [-0.2, -0.15) is 0 Å². The van der Waals surface area contributed by atoms with Crippen molar-refractivity contribution < 1.29 is 9.53 Å². The molecule has 1 aliphatic rings. The highest BCUT2D eigenvalue weighted by atomic mass is 35.5. The summed E-state index contributed by atoms with van der Waals surface area (Å²) in [5.74, 6) is 1.45. The van der Waals surface area contributed by atoms with E-state index in [1.807, 2.05) is 71.8 Å². The van der Waals surface area contributed by atoms with Crippen LogP contribution in [0.5, 0.6) is 5.75 Å². The molecule has 1 N–H and O–H groups in total. The molecule has 0 saturated carbocycles. The molecule has 1 atom stereocenters. The number of aromatic nitrogens is 2. The van der Waals surface area contributed by atoms with Gasteiger partial charge in [-0.1, -0.05) is 29.8 Å². The SMILES string of the molecule is COc1ccc2nc3cc(Cl)ccc3c(NCCCN3C(=O)CSC3c3ccnc4ccccc34)c2c1. The molecule has 6 rings (SSSR count). The number of methoxy groups -OCH3 is 1. The Hall–Kier alpha value is -3.55. The minimum Gasteiger partial charge on any atom is -0.497 e. The molecule has 0 spiro atoms. The van der Waals surface area contributed by atoms with Crippen LogP contribution in [0.3, 0.4) is 0 Å². The quantitative estimate of drug-likeness (QED) is 0.188. The molecule has 1 amide bonds. The van der Waals surface area contributed by atoms with Crippen LogP contribution >= 0.6 is 23.4 Å². The first-order valence-electron chi connectivity index (χ1n) is 12.2. The Morgan fingerprint density at radius 1 is 1.03 bits per heavy atom. The number of fused-ring (bicyclic) bond motifs is 3. The van der Waals surface area contributed by atoms with E-state index in [9.17, 15) is 4.79 Å². The molecule has 0 aliphatic carbocycles. The van der Waals surface area contributed by atoms with E-state index in [2.05, 4.69) is 16.4 Å². The normalized spacial score (nSPS) is 15.7. The van der Waals surface area contributed by atoms with Crippen molar-refractivity contribution in [3.8, 4) is 5.75 Å². The van der Waals surface area contributed by atoms with E-state index in [-0.39, 0.29) is 11.3 Å². The third-order valence-electron chi connectivity index (χ3n) is 6.74. The molecule has 0 bridgehead atoms. The number of nitrogens with one attached hydrogen (secondary N) is 1. The number of pyridine rings is 2. The largest absolute Gasteiger partial charge is 0.497 e. The molecule has 1 unspecified atom stereocenters. The van der Waals surface area contributed by atoms with Gasteiger partial charge in [0.15, 0.2) is 0 Å². The van der Waals surface area contributed by atoms with Crippen molar-refractivity contribution in [2.75, 3.05) is 31.3 Å². The number of thioether (sulfide) groups is 1. The van der Waals surface area contributed by atoms with Gasteiger partial charge in [0.1, 0.15) is 11.1 Å². The number of hydrogen-bond acceptors (Lipinski definition) is 6. The zero-order valence-electron chi connectivity index (χ0n) is 20.3. The predicted molar refractivity (Wildman–Crippen MR) is 153 cm³/mol. The van der Waals surface area contributed by atoms with Crippen LogP contribution in [-0.2, 0) is 4.79 Å². The van der Waals surface area contributed by atoms with Crippen LogP contribution in [0.15, 0.2) is 72.9 Å². The number of halogens is 1. The third kappa shape index (κ3) is 4.54. The molecule has 6 nitrogen and oxygen atoms in total. The average molecular weight is 529 g/mol. The zero-order valence-corrected chi connectivity index (χ0v) is 21.9. The molecule has 37 heavy (non-hydrogen) atoms. The highest BCUT2D eigenvalue weighted by Gasteiger charge is 2.33. The van der Waals surface area contributed by atoms with Crippen LogP contribution in [0.4, 0.5) is 5.69 Å². The molecule has 2 aromatic heterocycles. The zero-order chi connectivity index (χ0) is 25.4. The van der Waals surface area contributed by atoms with Crippen LogP contribution in [0.2, 0.25) is 5.02 Å². The van der Waals surface area contributed by atoms with Gasteiger partial charge in [0.05, 0.1) is 35.1 Å². The molecule has 8 heteroatoms. The molecule has 3 heterocycles. The summed E-state index contributed by atoms with van der Waals surface area (Å²) < 4.78 is 5.47. The number of ether oxygens (including phenoxy) is 1. The van der Waals surface area contributed by atoms with Crippen molar-refractivity contribution in [1.29, 1.82) is 0 Å². The predicted octanol–water partition coefficient (Wildman–Crippen LogP) is 6.67. The van der Waals surface area contributed by atoms with E-state index < -0.39 is 0 Å². The minimum absolute atomic E-state index is 0.00520. The second-order valence-corrected chi connectivity index (χ2v) is 10.5. The number of carbonyl (C=O) groups is 1. The number of carbonyl (C=O) groups excluding carboxylic acids is 1. The van der Waals surface area contributed by atoms with Crippen molar-refractivity contribution in [2.45, 2.75) is 11.8 Å². The summed E-state index contributed by atoms with van der Waals surface area (Å²) in [5, 5.41) is 7.37. The maximum Gasteiger partial charge on any atom is 0.233 e. The summed E-state index contributed by atoms with van der Waals surface area (Å²) in [6, 6.07) is 21.8. The monoisotopic (exact) mass is 528 g/mol. The van der Waals surface area contributed by atoms with E-state index >= 15 is 0 Å². The first-order valence-corrected chi connectivity index (χ1v) is 13.6. The van der Waals surface area contributed by atoms with Gasteiger partial charge in [-0.15, -0.1) is 11.8 Å². The highest BCUT2D eigenvalue weighted by Crippen LogP contribution is 2.41. The van der Waals surface area contributed by atoms with Gasteiger partial charge >= 0.3 is 0 Å². The molecular weight excluding hydrogens is 504 g/mol. The molecule has 3 aromatic carbocycles. The van der Waals surface area contributed by atoms with Crippen LogP contribution in [0, 0.1) is 0 Å². The van der Waals surface area contributed by atoms with Gasteiger partial charge in [-0.05, 0) is 60.5 Å². The Labute approximate surface area is 224 Å².